The Labute approximate surface area is 116 Å². The van der Waals surface area contributed by atoms with Gasteiger partial charge in [0.05, 0.1) is 18.1 Å². The number of ether oxygens (including phenoxy) is 2. The maximum Gasteiger partial charge on any atom is 0.405 e. The normalized spacial score (nSPS) is 12.6. The van der Waals surface area contributed by atoms with Crippen LogP contribution in [0.1, 0.15) is 0 Å². The van der Waals surface area contributed by atoms with Gasteiger partial charge in [0.15, 0.2) is 17.4 Å². The lowest BCUT2D eigenvalue weighted by atomic mass is 10.1. The number of aliphatic carboxylic acids is 1. The van der Waals surface area contributed by atoms with E-state index in [0.717, 1.165) is 18.2 Å². The second kappa shape index (κ2) is 6.29. The molecule has 0 radical (unpaired) electrons. The van der Waals surface area contributed by atoms with Crippen molar-refractivity contribution in [1.29, 1.82) is 0 Å². The minimum Gasteiger partial charge on any atom is -0.493 e. The van der Waals surface area contributed by atoms with Crippen molar-refractivity contribution >= 4 is 11.7 Å². The molecule has 0 saturated carbocycles. The van der Waals surface area contributed by atoms with Crippen LogP contribution in [-0.4, -0.2) is 35.9 Å². The Morgan fingerprint density at radius 2 is 2.05 bits per heavy atom. The van der Waals surface area contributed by atoms with Crippen LogP contribution in [-0.2, 0) is 4.79 Å². The van der Waals surface area contributed by atoms with Crippen molar-refractivity contribution in [3.8, 4) is 11.5 Å². The first kappa shape index (κ1) is 16.5. The predicted octanol–water partition coefficient (Wildman–Crippen LogP) is 2.25. The highest BCUT2D eigenvalue weighted by molar-refractivity contribution is 5.71. The van der Waals surface area contributed by atoms with Crippen LogP contribution in [0.2, 0.25) is 0 Å². The summed E-state index contributed by atoms with van der Waals surface area (Å²) < 4.78 is 46.9. The number of nitrogens with zero attached hydrogens (tertiary/aromatic N) is 1. The molecule has 0 aliphatic heterocycles. The predicted molar refractivity (Wildman–Crippen MR) is 62.3 cm³/mol. The van der Waals surface area contributed by atoms with Gasteiger partial charge in [-0.3, -0.25) is 14.9 Å². The van der Waals surface area contributed by atoms with Crippen LogP contribution in [0.25, 0.3) is 0 Å². The average molecular weight is 309 g/mol. The Hall–Kier alpha value is -2.52. The maximum atomic E-state index is 12.5. The largest absolute Gasteiger partial charge is 0.493 e. The van der Waals surface area contributed by atoms with Crippen LogP contribution in [0, 0.1) is 16.0 Å². The molecule has 116 valence electrons. The number of carboxylic acids is 1. The summed E-state index contributed by atoms with van der Waals surface area (Å²) in [6.45, 7) is -1.23. The Balaban J connectivity index is 2.98. The van der Waals surface area contributed by atoms with Crippen LogP contribution in [0.3, 0.4) is 0 Å². The molecule has 10 heteroatoms. The standard InChI is InChI=1S/C11H10F3NO6/c1-20-8-3-2-6(15(18)19)4-9(8)21-5-7(10(16)17)11(12,13)14/h2-4,7H,5H2,1H3,(H,16,17). The van der Waals surface area contributed by atoms with Gasteiger partial charge >= 0.3 is 12.1 Å². The number of alkyl halides is 3. The number of rotatable bonds is 6. The summed E-state index contributed by atoms with van der Waals surface area (Å²) in [5.74, 6) is -5.25. The molecule has 1 rings (SSSR count). The van der Waals surface area contributed by atoms with Gasteiger partial charge in [0, 0.05) is 6.07 Å². The number of carbonyl (C=O) groups is 1. The first-order valence-electron chi connectivity index (χ1n) is 5.41. The van der Waals surface area contributed by atoms with Crippen molar-refractivity contribution in [2.45, 2.75) is 6.18 Å². The lowest BCUT2D eigenvalue weighted by Crippen LogP contribution is -2.35. The van der Waals surface area contributed by atoms with Crippen LogP contribution in [0.5, 0.6) is 11.5 Å². The molecule has 0 heterocycles. The van der Waals surface area contributed by atoms with Crippen molar-refractivity contribution in [1.82, 2.24) is 0 Å². The minimum absolute atomic E-state index is 0.0492. The van der Waals surface area contributed by atoms with Crippen molar-refractivity contribution in [3.05, 3.63) is 28.3 Å². The maximum absolute atomic E-state index is 12.5. The number of methoxy groups -OCH3 is 1. The summed E-state index contributed by atoms with van der Waals surface area (Å²) in [7, 11) is 1.19. The molecule has 0 aromatic heterocycles. The fourth-order valence-corrected chi connectivity index (χ4v) is 1.37. The summed E-state index contributed by atoms with van der Waals surface area (Å²) in [4.78, 5) is 20.4. The van der Waals surface area contributed by atoms with Crippen LogP contribution in [0.15, 0.2) is 18.2 Å². The summed E-state index contributed by atoms with van der Waals surface area (Å²) in [5.41, 5.74) is -0.426. The number of halogens is 3. The van der Waals surface area contributed by atoms with Gasteiger partial charge in [-0.1, -0.05) is 0 Å². The van der Waals surface area contributed by atoms with Crippen LogP contribution < -0.4 is 9.47 Å². The molecular weight excluding hydrogens is 299 g/mol. The molecule has 0 aliphatic rings. The van der Waals surface area contributed by atoms with Gasteiger partial charge in [-0.15, -0.1) is 0 Å². The fourth-order valence-electron chi connectivity index (χ4n) is 1.37. The Bertz CT molecular complexity index is 545. The summed E-state index contributed by atoms with van der Waals surface area (Å²) >= 11 is 0. The zero-order valence-corrected chi connectivity index (χ0v) is 10.6. The van der Waals surface area contributed by atoms with Gasteiger partial charge in [-0.05, 0) is 6.07 Å². The van der Waals surface area contributed by atoms with E-state index in [1.165, 1.54) is 7.11 Å². The van der Waals surface area contributed by atoms with E-state index in [1.54, 1.807) is 0 Å². The Kier molecular flexibility index (Phi) is 4.95. The molecule has 1 atom stereocenters. The van der Waals surface area contributed by atoms with E-state index >= 15 is 0 Å². The second-order valence-corrected chi connectivity index (χ2v) is 3.84. The third-order valence-electron chi connectivity index (χ3n) is 2.46. The quantitative estimate of drug-likeness (QED) is 0.639. The molecule has 0 saturated heterocycles. The van der Waals surface area contributed by atoms with E-state index in [9.17, 15) is 28.1 Å². The average Bonchev–Trinajstić information content (AvgIpc) is 2.36. The Morgan fingerprint density at radius 3 is 2.48 bits per heavy atom. The zero-order chi connectivity index (χ0) is 16.2. The first-order valence-corrected chi connectivity index (χ1v) is 5.41. The van der Waals surface area contributed by atoms with E-state index in [2.05, 4.69) is 0 Å². The number of carboxylic acid groups (broad SMARTS) is 1. The molecule has 7 nitrogen and oxygen atoms in total. The molecule has 21 heavy (non-hydrogen) atoms. The summed E-state index contributed by atoms with van der Waals surface area (Å²) in [5, 5.41) is 19.1. The Morgan fingerprint density at radius 1 is 1.43 bits per heavy atom. The number of benzene rings is 1. The molecule has 0 amide bonds. The van der Waals surface area contributed by atoms with Gasteiger partial charge in [-0.2, -0.15) is 13.2 Å². The topological polar surface area (TPSA) is 98.9 Å². The second-order valence-electron chi connectivity index (χ2n) is 3.84. The van der Waals surface area contributed by atoms with Crippen molar-refractivity contribution in [3.63, 3.8) is 0 Å². The number of hydrogen-bond donors (Lipinski definition) is 1. The smallest absolute Gasteiger partial charge is 0.405 e. The monoisotopic (exact) mass is 309 g/mol. The molecule has 1 aromatic carbocycles. The SMILES string of the molecule is COc1ccc([N+](=O)[O-])cc1OCC(C(=O)O)C(F)(F)F. The lowest BCUT2D eigenvalue weighted by Gasteiger charge is -2.17. The molecule has 1 unspecified atom stereocenters. The van der Waals surface area contributed by atoms with Gasteiger partial charge in [0.1, 0.15) is 6.61 Å². The summed E-state index contributed by atoms with van der Waals surface area (Å²) in [6.07, 6.45) is -5.00. The highest BCUT2D eigenvalue weighted by Gasteiger charge is 2.46. The molecule has 0 bridgehead atoms. The van der Waals surface area contributed by atoms with Crippen molar-refractivity contribution in [2.75, 3.05) is 13.7 Å². The molecular formula is C11H10F3NO6. The van der Waals surface area contributed by atoms with Crippen LogP contribution in [0.4, 0.5) is 18.9 Å². The molecule has 1 aromatic rings. The minimum atomic E-state index is -5.00. The number of hydrogen-bond acceptors (Lipinski definition) is 5. The van der Waals surface area contributed by atoms with E-state index < -0.39 is 35.3 Å². The first-order chi connectivity index (χ1) is 9.66. The molecule has 0 aliphatic carbocycles. The van der Waals surface area contributed by atoms with E-state index in [4.69, 9.17) is 14.6 Å². The van der Waals surface area contributed by atoms with Gasteiger partial charge in [0.2, 0.25) is 0 Å². The van der Waals surface area contributed by atoms with Crippen LogP contribution >= 0.6 is 0 Å². The zero-order valence-electron chi connectivity index (χ0n) is 10.6. The van der Waals surface area contributed by atoms with Crippen molar-refractivity contribution < 1.29 is 37.5 Å². The fraction of sp³-hybridized carbons (Fsp3) is 0.364. The number of nitro benzene ring substituents is 1. The molecule has 0 fully saturated rings. The van der Waals surface area contributed by atoms with Gasteiger partial charge < -0.3 is 14.6 Å². The lowest BCUT2D eigenvalue weighted by molar-refractivity contribution is -0.385. The number of nitro groups is 1. The molecule has 0 spiro atoms. The highest BCUT2D eigenvalue weighted by Crippen LogP contribution is 2.33. The third kappa shape index (κ3) is 4.23. The van der Waals surface area contributed by atoms with E-state index in [1.807, 2.05) is 0 Å². The van der Waals surface area contributed by atoms with E-state index in [0.29, 0.717) is 0 Å². The number of non-ortho nitro benzene ring substituents is 1. The molecule has 1 N–H and O–H groups in total. The highest BCUT2D eigenvalue weighted by atomic mass is 19.4. The van der Waals surface area contributed by atoms with Gasteiger partial charge in [0.25, 0.3) is 5.69 Å². The van der Waals surface area contributed by atoms with Gasteiger partial charge in [-0.25, -0.2) is 0 Å². The van der Waals surface area contributed by atoms with E-state index in [-0.39, 0.29) is 11.5 Å². The summed E-state index contributed by atoms with van der Waals surface area (Å²) in [6, 6.07) is 3.06. The third-order valence-corrected chi connectivity index (χ3v) is 2.46. The van der Waals surface area contributed by atoms with Crippen molar-refractivity contribution in [2.24, 2.45) is 5.92 Å².